The maximum atomic E-state index is 11.5. The van der Waals surface area contributed by atoms with Gasteiger partial charge in [0.2, 0.25) is 11.9 Å². The molecule has 4 rings (SSSR count). The van der Waals surface area contributed by atoms with E-state index in [2.05, 4.69) is 49.6 Å². The van der Waals surface area contributed by atoms with Gasteiger partial charge in [-0.05, 0) is 47.3 Å². The normalized spacial score (nSPS) is 13.3. The van der Waals surface area contributed by atoms with Crippen molar-refractivity contribution in [3.05, 3.63) is 34.1 Å². The Bertz CT molecular complexity index is 1200. The van der Waals surface area contributed by atoms with E-state index in [4.69, 9.17) is 9.72 Å². The molecule has 166 valence electrons. The summed E-state index contributed by atoms with van der Waals surface area (Å²) in [5.74, 6) is 1.21. The lowest BCUT2D eigenvalue weighted by Gasteiger charge is -2.16. The van der Waals surface area contributed by atoms with E-state index in [0.29, 0.717) is 40.5 Å². The lowest BCUT2D eigenvalue weighted by atomic mass is 10.1. The summed E-state index contributed by atoms with van der Waals surface area (Å²) in [7, 11) is 1.65. The third-order valence-corrected chi connectivity index (χ3v) is 6.16. The second-order valence-electron chi connectivity index (χ2n) is 7.64. The molecule has 2 N–H and O–H groups in total. The Labute approximate surface area is 194 Å². The van der Waals surface area contributed by atoms with Gasteiger partial charge in [-0.1, -0.05) is 6.92 Å². The highest BCUT2D eigenvalue weighted by molar-refractivity contribution is 9.10. The lowest BCUT2D eigenvalue weighted by molar-refractivity contribution is -0.120. The first-order valence-corrected chi connectivity index (χ1v) is 11.4. The summed E-state index contributed by atoms with van der Waals surface area (Å²) in [6.45, 7) is 2.67. The van der Waals surface area contributed by atoms with E-state index in [1.54, 1.807) is 24.0 Å². The number of carbonyl (C=O) groups is 1. The number of hydrogen-bond acceptors (Lipinski definition) is 7. The molecule has 0 bridgehead atoms. The molecule has 3 heterocycles. The average molecular weight is 498 g/mol. The first kappa shape index (κ1) is 22.0. The topological polar surface area (TPSA) is 118 Å². The number of anilines is 1. The van der Waals surface area contributed by atoms with Crippen molar-refractivity contribution in [3.8, 4) is 17.5 Å². The fraction of sp³-hybridized carbons (Fsp3) is 0.409. The number of amides is 1. The summed E-state index contributed by atoms with van der Waals surface area (Å²) in [6.07, 6.45) is 5.49. The largest absolute Gasteiger partial charge is 0.492 e. The quantitative estimate of drug-likeness (QED) is 0.488. The number of halogens is 1. The van der Waals surface area contributed by atoms with Crippen LogP contribution >= 0.6 is 15.9 Å². The fourth-order valence-corrected chi connectivity index (χ4v) is 4.25. The molecule has 2 aromatic heterocycles. The van der Waals surface area contributed by atoms with E-state index in [-0.39, 0.29) is 11.9 Å². The van der Waals surface area contributed by atoms with Crippen LogP contribution in [0.3, 0.4) is 0 Å². The Balaban J connectivity index is 1.63. The van der Waals surface area contributed by atoms with Gasteiger partial charge in [0.15, 0.2) is 5.65 Å². The van der Waals surface area contributed by atoms with E-state index in [1.165, 1.54) is 0 Å². The molecule has 32 heavy (non-hydrogen) atoms. The van der Waals surface area contributed by atoms with Gasteiger partial charge in [0.05, 0.1) is 23.2 Å². The van der Waals surface area contributed by atoms with Gasteiger partial charge in [-0.25, -0.2) is 9.67 Å². The Morgan fingerprint density at radius 3 is 3.03 bits per heavy atom. The van der Waals surface area contributed by atoms with Crippen LogP contribution < -0.4 is 15.4 Å². The molecule has 9 nitrogen and oxygen atoms in total. The molecular weight excluding hydrogens is 474 g/mol. The zero-order chi connectivity index (χ0) is 22.7. The molecule has 0 unspecified atom stereocenters. The zero-order valence-corrected chi connectivity index (χ0v) is 19.6. The minimum Gasteiger partial charge on any atom is -0.492 e. The molecule has 0 radical (unpaired) electrons. The van der Waals surface area contributed by atoms with Gasteiger partial charge in [0.1, 0.15) is 16.4 Å². The van der Waals surface area contributed by atoms with Crippen molar-refractivity contribution in [2.75, 3.05) is 19.0 Å². The number of carbonyl (C=O) groups excluding carboxylic acids is 1. The SMILES string of the molecule is CC[C@@H](CCCC(=O)NC)Nc1ncc2c(Br)nn(-c3cc(C#N)c4c(c3)CCO4)c2n1. The molecule has 1 aromatic carbocycles. The van der Waals surface area contributed by atoms with Crippen LogP contribution in [0.4, 0.5) is 5.95 Å². The highest BCUT2D eigenvalue weighted by Crippen LogP contribution is 2.33. The first-order valence-electron chi connectivity index (χ1n) is 10.6. The van der Waals surface area contributed by atoms with Crippen molar-refractivity contribution in [3.63, 3.8) is 0 Å². The Kier molecular flexibility index (Phi) is 6.55. The number of ether oxygens (including phenoxy) is 1. The van der Waals surface area contributed by atoms with E-state index in [1.807, 2.05) is 6.07 Å². The minimum atomic E-state index is 0.0442. The van der Waals surface area contributed by atoms with Crippen LogP contribution in [-0.2, 0) is 11.2 Å². The molecule has 1 aliphatic rings. The van der Waals surface area contributed by atoms with E-state index >= 15 is 0 Å². The highest BCUT2D eigenvalue weighted by atomic mass is 79.9. The third kappa shape index (κ3) is 4.39. The van der Waals surface area contributed by atoms with Gasteiger partial charge < -0.3 is 15.4 Å². The summed E-state index contributed by atoms with van der Waals surface area (Å²) < 4.78 is 7.96. The maximum absolute atomic E-state index is 11.5. The van der Waals surface area contributed by atoms with Gasteiger partial charge in [-0.2, -0.15) is 15.3 Å². The monoisotopic (exact) mass is 497 g/mol. The Hall–Kier alpha value is -3.19. The maximum Gasteiger partial charge on any atom is 0.224 e. The molecule has 0 aliphatic carbocycles. The van der Waals surface area contributed by atoms with Crippen molar-refractivity contribution in [2.24, 2.45) is 0 Å². The molecular formula is C22H24BrN7O2. The predicted molar refractivity (Wildman–Crippen MR) is 124 cm³/mol. The molecule has 3 aromatic rings. The number of nitriles is 1. The summed E-state index contributed by atoms with van der Waals surface area (Å²) in [5.41, 5.74) is 2.87. The van der Waals surface area contributed by atoms with Crippen LogP contribution in [0.1, 0.15) is 43.7 Å². The van der Waals surface area contributed by atoms with Crippen LogP contribution in [0.15, 0.2) is 22.9 Å². The van der Waals surface area contributed by atoms with Crippen molar-refractivity contribution in [1.29, 1.82) is 5.26 Å². The molecule has 1 aliphatic heterocycles. The first-order chi connectivity index (χ1) is 15.5. The summed E-state index contributed by atoms with van der Waals surface area (Å²) in [5, 5.41) is 20.9. The minimum absolute atomic E-state index is 0.0442. The van der Waals surface area contributed by atoms with Crippen LogP contribution in [-0.4, -0.2) is 45.4 Å². The molecule has 10 heteroatoms. The average Bonchev–Trinajstić information content (AvgIpc) is 3.41. The molecule has 0 fully saturated rings. The van der Waals surface area contributed by atoms with Crippen molar-refractivity contribution in [1.82, 2.24) is 25.1 Å². The van der Waals surface area contributed by atoms with Gasteiger partial charge >= 0.3 is 0 Å². The van der Waals surface area contributed by atoms with Crippen molar-refractivity contribution < 1.29 is 9.53 Å². The van der Waals surface area contributed by atoms with Crippen LogP contribution in [0.2, 0.25) is 0 Å². The molecule has 1 amide bonds. The van der Waals surface area contributed by atoms with E-state index in [9.17, 15) is 10.1 Å². The van der Waals surface area contributed by atoms with Crippen molar-refractivity contribution in [2.45, 2.75) is 45.1 Å². The predicted octanol–water partition coefficient (Wildman–Crippen LogP) is 3.49. The second-order valence-corrected chi connectivity index (χ2v) is 8.39. The standard InChI is InChI=1S/C22H24BrN7O2/c1-3-15(5-4-6-18(31)25-2)27-22-26-12-17-20(23)29-30(21(17)28-22)16-9-13-7-8-32-19(13)14(10-16)11-24/h9-10,12,15H,3-8H2,1-2H3,(H,25,31)(H,26,27,28)/t15-/m0/s1. The van der Waals surface area contributed by atoms with Gasteiger partial charge in [0, 0.05) is 37.7 Å². The zero-order valence-electron chi connectivity index (χ0n) is 18.0. The summed E-state index contributed by atoms with van der Waals surface area (Å²) in [6, 6.07) is 6.13. The smallest absolute Gasteiger partial charge is 0.224 e. The van der Waals surface area contributed by atoms with Crippen LogP contribution in [0, 0.1) is 11.3 Å². The highest BCUT2D eigenvalue weighted by Gasteiger charge is 2.21. The number of fused-ring (bicyclic) bond motifs is 2. The molecule has 0 saturated carbocycles. The molecule has 1 atom stereocenters. The van der Waals surface area contributed by atoms with Crippen LogP contribution in [0.25, 0.3) is 16.7 Å². The molecule has 0 spiro atoms. The summed E-state index contributed by atoms with van der Waals surface area (Å²) >= 11 is 3.50. The Morgan fingerprint density at radius 2 is 2.28 bits per heavy atom. The Morgan fingerprint density at radius 1 is 1.44 bits per heavy atom. The number of nitrogens with zero attached hydrogens (tertiary/aromatic N) is 5. The van der Waals surface area contributed by atoms with E-state index < -0.39 is 0 Å². The summed E-state index contributed by atoms with van der Waals surface area (Å²) in [4.78, 5) is 20.7. The van der Waals surface area contributed by atoms with E-state index in [0.717, 1.165) is 42.3 Å². The molecule has 0 saturated heterocycles. The van der Waals surface area contributed by atoms with Gasteiger partial charge in [0.25, 0.3) is 0 Å². The van der Waals surface area contributed by atoms with Gasteiger partial charge in [-0.15, -0.1) is 0 Å². The number of nitrogens with one attached hydrogen (secondary N) is 2. The number of aromatic nitrogens is 4. The van der Waals surface area contributed by atoms with Crippen molar-refractivity contribution >= 4 is 38.8 Å². The fourth-order valence-electron chi connectivity index (χ4n) is 3.81. The third-order valence-electron chi connectivity index (χ3n) is 5.57. The number of rotatable bonds is 8. The van der Waals surface area contributed by atoms with Crippen LogP contribution in [0.5, 0.6) is 5.75 Å². The van der Waals surface area contributed by atoms with Gasteiger partial charge in [-0.3, -0.25) is 4.79 Å². The number of benzene rings is 1. The second kappa shape index (κ2) is 9.53. The lowest BCUT2D eigenvalue weighted by Crippen LogP contribution is -2.22. The number of hydrogen-bond donors (Lipinski definition) is 2.